The third-order valence-electron chi connectivity index (χ3n) is 5.36. The fourth-order valence-corrected chi connectivity index (χ4v) is 4.01. The second-order valence-corrected chi connectivity index (χ2v) is 6.84. The lowest BCUT2D eigenvalue weighted by Crippen LogP contribution is -2.31. The lowest BCUT2D eigenvalue weighted by atomic mass is 9.86. The van der Waals surface area contributed by atoms with Crippen LogP contribution in [-0.4, -0.2) is 27.6 Å². The molecule has 0 aliphatic carbocycles. The Labute approximate surface area is 141 Å². The molecule has 0 radical (unpaired) electrons. The predicted molar refractivity (Wildman–Crippen MR) is 88.3 cm³/mol. The van der Waals surface area contributed by atoms with E-state index in [0.717, 1.165) is 25.7 Å². The van der Waals surface area contributed by atoms with Gasteiger partial charge in [-0.1, -0.05) is 44.7 Å². The summed E-state index contributed by atoms with van der Waals surface area (Å²) in [6.45, 7) is 3.87. The van der Waals surface area contributed by atoms with E-state index in [1.54, 1.807) is 30.0 Å². The van der Waals surface area contributed by atoms with Gasteiger partial charge >= 0.3 is 0 Å². The van der Waals surface area contributed by atoms with Crippen LogP contribution in [0.25, 0.3) is 0 Å². The maximum atomic E-state index is 12.7. The van der Waals surface area contributed by atoms with E-state index in [2.05, 4.69) is 6.92 Å². The number of nitro groups is 1. The van der Waals surface area contributed by atoms with Crippen molar-refractivity contribution in [2.75, 3.05) is 0 Å². The van der Waals surface area contributed by atoms with Gasteiger partial charge in [-0.2, -0.15) is 0 Å². The molecule has 2 fully saturated rings. The number of nitrogens with zero attached hydrogens (tertiary/aromatic N) is 2. The summed E-state index contributed by atoms with van der Waals surface area (Å²) < 4.78 is 0. The second kappa shape index (κ2) is 6.00. The summed E-state index contributed by atoms with van der Waals surface area (Å²) in [6, 6.07) is 5.83. The van der Waals surface area contributed by atoms with Gasteiger partial charge in [0.05, 0.1) is 16.4 Å². The lowest BCUT2D eigenvalue weighted by Gasteiger charge is -2.18. The zero-order chi connectivity index (χ0) is 17.5. The van der Waals surface area contributed by atoms with Crippen LogP contribution >= 0.6 is 0 Å². The number of ketones is 1. The number of amides is 1. The first-order valence-corrected chi connectivity index (χ1v) is 8.55. The molecule has 1 amide bonds. The van der Waals surface area contributed by atoms with Crippen molar-refractivity contribution in [3.8, 4) is 0 Å². The Morgan fingerprint density at radius 2 is 1.92 bits per heavy atom. The molecule has 128 valence electrons. The highest BCUT2D eigenvalue weighted by molar-refractivity contribution is 6.15. The van der Waals surface area contributed by atoms with Crippen molar-refractivity contribution in [2.24, 2.45) is 5.92 Å². The Morgan fingerprint density at radius 1 is 1.21 bits per heavy atom. The van der Waals surface area contributed by atoms with Gasteiger partial charge in [-0.15, -0.1) is 0 Å². The maximum absolute atomic E-state index is 12.7. The minimum atomic E-state index is -0.863. The molecular formula is C18H22N2O4. The second-order valence-electron chi connectivity index (χ2n) is 6.84. The van der Waals surface area contributed by atoms with Crippen LogP contribution in [0.4, 0.5) is 5.69 Å². The fourth-order valence-electron chi connectivity index (χ4n) is 4.01. The molecule has 0 aromatic heterocycles. The number of piperidine rings is 1. The van der Waals surface area contributed by atoms with Gasteiger partial charge in [-0.05, 0) is 19.4 Å². The van der Waals surface area contributed by atoms with E-state index in [1.165, 1.54) is 6.07 Å². The first-order valence-electron chi connectivity index (χ1n) is 8.55. The summed E-state index contributed by atoms with van der Waals surface area (Å²) in [5.74, 6) is -0.790. The number of carbonyl (C=O) groups excluding carboxylic acids is 2. The average molecular weight is 330 g/mol. The van der Waals surface area contributed by atoms with Gasteiger partial charge in [0.2, 0.25) is 5.91 Å². The third kappa shape index (κ3) is 2.32. The molecule has 0 bridgehead atoms. The first kappa shape index (κ1) is 16.6. The molecule has 3 unspecified atom stereocenters. The van der Waals surface area contributed by atoms with Gasteiger partial charge in [-0.3, -0.25) is 19.7 Å². The molecule has 1 aromatic rings. The maximum Gasteiger partial charge on any atom is 0.275 e. The third-order valence-corrected chi connectivity index (χ3v) is 5.36. The van der Waals surface area contributed by atoms with Crippen LogP contribution in [0.2, 0.25) is 0 Å². The molecule has 0 N–H and O–H groups in total. The highest BCUT2D eigenvalue weighted by Gasteiger charge is 2.74. The molecule has 1 aromatic carbocycles. The van der Waals surface area contributed by atoms with Crippen molar-refractivity contribution in [3.05, 3.63) is 39.9 Å². The topological polar surface area (TPSA) is 80.3 Å². The normalized spacial score (nSPS) is 28.2. The lowest BCUT2D eigenvalue weighted by molar-refractivity contribution is -0.385. The van der Waals surface area contributed by atoms with Crippen LogP contribution < -0.4 is 0 Å². The smallest absolute Gasteiger partial charge is 0.275 e. The molecular weight excluding hydrogens is 308 g/mol. The number of benzene rings is 1. The van der Waals surface area contributed by atoms with Crippen LogP contribution in [-0.2, 0) is 15.1 Å². The number of hydrogen-bond donors (Lipinski definition) is 0. The van der Waals surface area contributed by atoms with E-state index in [-0.39, 0.29) is 17.4 Å². The number of carbonyl (C=O) groups is 2. The summed E-state index contributed by atoms with van der Waals surface area (Å²) >= 11 is 0. The Bertz CT molecular complexity index is 678. The molecule has 2 aliphatic rings. The summed E-state index contributed by atoms with van der Waals surface area (Å²) in [4.78, 5) is 37.6. The van der Waals surface area contributed by atoms with Crippen LogP contribution in [0.3, 0.4) is 0 Å². The minimum Gasteiger partial charge on any atom is -0.317 e. The van der Waals surface area contributed by atoms with Gasteiger partial charge in [0.1, 0.15) is 11.6 Å². The van der Waals surface area contributed by atoms with Gasteiger partial charge in [0.15, 0.2) is 5.78 Å². The monoisotopic (exact) mass is 330 g/mol. The molecule has 3 rings (SSSR count). The number of Topliss-reactive ketones (excluding diaryl/α,β-unsaturated/α-hetero) is 1. The van der Waals surface area contributed by atoms with E-state index in [1.807, 2.05) is 0 Å². The zero-order valence-corrected chi connectivity index (χ0v) is 14.0. The highest BCUT2D eigenvalue weighted by atomic mass is 16.6. The van der Waals surface area contributed by atoms with Gasteiger partial charge < -0.3 is 4.90 Å². The summed E-state index contributed by atoms with van der Waals surface area (Å²) in [5.41, 5.74) is -0.446. The van der Waals surface area contributed by atoms with Crippen LogP contribution in [0.15, 0.2) is 24.3 Å². The van der Waals surface area contributed by atoms with Crippen molar-refractivity contribution >= 4 is 17.4 Å². The largest absolute Gasteiger partial charge is 0.317 e. The molecule has 0 spiro atoms. The Hall–Kier alpha value is -2.24. The van der Waals surface area contributed by atoms with E-state index < -0.39 is 22.4 Å². The van der Waals surface area contributed by atoms with Crippen molar-refractivity contribution < 1.29 is 14.5 Å². The molecule has 24 heavy (non-hydrogen) atoms. The average Bonchev–Trinajstić information content (AvgIpc) is 3.11. The Morgan fingerprint density at radius 3 is 2.50 bits per heavy atom. The number of unbranched alkanes of at least 4 members (excludes halogenated alkanes) is 3. The predicted octanol–water partition coefficient (Wildman–Crippen LogP) is 3.19. The molecule has 6 heteroatoms. The van der Waals surface area contributed by atoms with Crippen LogP contribution in [0, 0.1) is 16.0 Å². The summed E-state index contributed by atoms with van der Waals surface area (Å²) in [6.07, 6.45) is 4.71. The summed E-state index contributed by atoms with van der Waals surface area (Å²) in [7, 11) is 0. The number of para-hydroxylation sites is 1. The number of fused-ring (bicyclic) bond motifs is 1. The van der Waals surface area contributed by atoms with Crippen LogP contribution in [0.5, 0.6) is 0 Å². The molecule has 6 nitrogen and oxygen atoms in total. The standard InChI is InChI=1S/C18H22N2O4/c1-3-4-5-6-9-12-15(21)16-18(2,19(16)17(12)22)13-10-7-8-11-14(13)20(23)24/h7-8,10-12,16H,3-6,9H2,1-2H3. The zero-order valence-electron chi connectivity index (χ0n) is 14.0. The van der Waals surface area contributed by atoms with Gasteiger partial charge in [0, 0.05) is 6.07 Å². The minimum absolute atomic E-state index is 0.0329. The van der Waals surface area contributed by atoms with E-state index in [0.29, 0.717) is 12.0 Å². The van der Waals surface area contributed by atoms with Crippen molar-refractivity contribution in [1.29, 1.82) is 0 Å². The van der Waals surface area contributed by atoms with Crippen molar-refractivity contribution in [1.82, 2.24) is 4.90 Å². The molecule has 2 heterocycles. The summed E-state index contributed by atoms with van der Waals surface area (Å²) in [5, 5.41) is 11.3. The number of rotatable bonds is 7. The van der Waals surface area contributed by atoms with Gasteiger partial charge in [0.25, 0.3) is 5.69 Å². The van der Waals surface area contributed by atoms with Crippen molar-refractivity contribution in [3.63, 3.8) is 0 Å². The first-order chi connectivity index (χ1) is 11.4. The Balaban J connectivity index is 1.79. The fraction of sp³-hybridized carbons (Fsp3) is 0.556. The van der Waals surface area contributed by atoms with E-state index in [9.17, 15) is 19.7 Å². The number of nitro benzene ring substituents is 1. The highest BCUT2D eigenvalue weighted by Crippen LogP contribution is 2.58. The molecule has 2 aliphatic heterocycles. The van der Waals surface area contributed by atoms with Crippen LogP contribution in [0.1, 0.15) is 51.5 Å². The molecule has 3 atom stereocenters. The number of hydrogen-bond acceptors (Lipinski definition) is 4. The van der Waals surface area contributed by atoms with Gasteiger partial charge in [-0.25, -0.2) is 0 Å². The van der Waals surface area contributed by atoms with E-state index in [4.69, 9.17) is 0 Å². The van der Waals surface area contributed by atoms with E-state index >= 15 is 0 Å². The molecule has 0 saturated carbocycles. The molecule has 2 saturated heterocycles. The Kier molecular flexibility index (Phi) is 4.15. The quantitative estimate of drug-likeness (QED) is 0.253. The SMILES string of the molecule is CCCCCCC1C(=O)C2N(C1=O)C2(C)c1ccccc1[N+](=O)[O-]. The van der Waals surface area contributed by atoms with Crippen molar-refractivity contribution in [2.45, 2.75) is 57.5 Å².